The van der Waals surface area contributed by atoms with Crippen LogP contribution in [-0.4, -0.2) is 28.2 Å². The van der Waals surface area contributed by atoms with Gasteiger partial charge in [-0.1, -0.05) is 37.3 Å². The summed E-state index contributed by atoms with van der Waals surface area (Å²) in [5, 5.41) is 8.42. The number of para-hydroxylation sites is 1. The molecule has 0 aliphatic rings. The fraction of sp³-hybridized carbons (Fsp3) is 0.500. The summed E-state index contributed by atoms with van der Waals surface area (Å²) in [6.07, 6.45) is 1.41. The SMILES string of the molecule is CCOC(OCC)c1cn(-c2ccccc2C(C)C)nn1. The first-order valence-corrected chi connectivity index (χ1v) is 7.42. The normalized spacial score (nSPS) is 11.5. The molecule has 0 aliphatic carbocycles. The Hall–Kier alpha value is -1.72. The van der Waals surface area contributed by atoms with Crippen LogP contribution < -0.4 is 0 Å². The van der Waals surface area contributed by atoms with E-state index in [1.807, 2.05) is 38.2 Å². The lowest BCUT2D eigenvalue weighted by Gasteiger charge is -2.14. The Morgan fingerprint density at radius 3 is 2.38 bits per heavy atom. The zero-order chi connectivity index (χ0) is 15.2. The molecule has 0 amide bonds. The molecule has 2 rings (SSSR count). The van der Waals surface area contributed by atoms with Gasteiger partial charge < -0.3 is 9.47 Å². The number of benzene rings is 1. The van der Waals surface area contributed by atoms with Gasteiger partial charge >= 0.3 is 0 Å². The number of nitrogens with zero attached hydrogens (tertiary/aromatic N) is 3. The van der Waals surface area contributed by atoms with Gasteiger partial charge in [0, 0.05) is 13.2 Å². The summed E-state index contributed by atoms with van der Waals surface area (Å²) in [6, 6.07) is 8.21. The van der Waals surface area contributed by atoms with Crippen molar-refractivity contribution in [3.05, 3.63) is 41.7 Å². The van der Waals surface area contributed by atoms with E-state index in [-0.39, 0.29) is 0 Å². The van der Waals surface area contributed by atoms with Gasteiger partial charge in [0.05, 0.1) is 11.9 Å². The van der Waals surface area contributed by atoms with Gasteiger partial charge in [-0.3, -0.25) is 0 Å². The summed E-state index contributed by atoms with van der Waals surface area (Å²) in [6.45, 7) is 9.34. The van der Waals surface area contributed by atoms with Crippen molar-refractivity contribution in [1.29, 1.82) is 0 Å². The second kappa shape index (κ2) is 7.33. The monoisotopic (exact) mass is 289 g/mol. The van der Waals surface area contributed by atoms with Crippen molar-refractivity contribution in [2.75, 3.05) is 13.2 Å². The van der Waals surface area contributed by atoms with E-state index in [0.717, 1.165) is 5.69 Å². The van der Waals surface area contributed by atoms with Gasteiger partial charge in [0.15, 0.2) is 0 Å². The molecule has 0 fully saturated rings. The first-order chi connectivity index (χ1) is 10.2. The minimum absolute atomic E-state index is 0.420. The molecular weight excluding hydrogens is 266 g/mol. The lowest BCUT2D eigenvalue weighted by Crippen LogP contribution is -2.09. The van der Waals surface area contributed by atoms with E-state index < -0.39 is 6.29 Å². The highest BCUT2D eigenvalue weighted by Crippen LogP contribution is 2.23. The molecule has 114 valence electrons. The zero-order valence-electron chi connectivity index (χ0n) is 13.1. The van der Waals surface area contributed by atoms with Gasteiger partial charge in [0.1, 0.15) is 5.69 Å². The maximum Gasteiger partial charge on any atom is 0.204 e. The maximum absolute atomic E-state index is 5.56. The fourth-order valence-corrected chi connectivity index (χ4v) is 2.21. The van der Waals surface area contributed by atoms with E-state index in [4.69, 9.17) is 9.47 Å². The van der Waals surface area contributed by atoms with Crippen LogP contribution in [0.5, 0.6) is 0 Å². The highest BCUT2D eigenvalue weighted by molar-refractivity contribution is 5.42. The van der Waals surface area contributed by atoms with Crippen LogP contribution in [0.15, 0.2) is 30.5 Å². The fourth-order valence-electron chi connectivity index (χ4n) is 2.21. The van der Waals surface area contributed by atoms with Crippen molar-refractivity contribution in [3.63, 3.8) is 0 Å². The second-order valence-corrected chi connectivity index (χ2v) is 5.04. The lowest BCUT2D eigenvalue weighted by atomic mass is 10.0. The van der Waals surface area contributed by atoms with Crippen molar-refractivity contribution in [3.8, 4) is 5.69 Å². The van der Waals surface area contributed by atoms with Gasteiger partial charge in [-0.15, -0.1) is 5.10 Å². The number of aromatic nitrogens is 3. The van der Waals surface area contributed by atoms with Crippen LogP contribution in [0.3, 0.4) is 0 Å². The van der Waals surface area contributed by atoms with Crippen LogP contribution in [0.2, 0.25) is 0 Å². The summed E-state index contributed by atoms with van der Waals surface area (Å²) in [5.41, 5.74) is 2.97. The lowest BCUT2D eigenvalue weighted by molar-refractivity contribution is -0.142. The van der Waals surface area contributed by atoms with Crippen LogP contribution in [0.4, 0.5) is 0 Å². The molecule has 1 heterocycles. The van der Waals surface area contributed by atoms with E-state index in [0.29, 0.717) is 24.8 Å². The number of hydrogen-bond acceptors (Lipinski definition) is 4. The number of ether oxygens (including phenoxy) is 2. The Balaban J connectivity index is 2.31. The molecule has 2 aromatic rings. The first kappa shape index (κ1) is 15.7. The highest BCUT2D eigenvalue weighted by Gasteiger charge is 2.17. The van der Waals surface area contributed by atoms with Crippen LogP contribution in [0.1, 0.15) is 51.2 Å². The number of rotatable bonds is 7. The molecule has 1 aromatic heterocycles. The van der Waals surface area contributed by atoms with E-state index in [9.17, 15) is 0 Å². The largest absolute Gasteiger partial charge is 0.347 e. The summed E-state index contributed by atoms with van der Waals surface area (Å²) in [7, 11) is 0. The third-order valence-corrected chi connectivity index (χ3v) is 3.19. The molecule has 21 heavy (non-hydrogen) atoms. The predicted molar refractivity (Wildman–Crippen MR) is 81.4 cm³/mol. The third kappa shape index (κ3) is 3.68. The molecule has 0 bridgehead atoms. The Bertz CT molecular complexity index is 560. The van der Waals surface area contributed by atoms with Crippen LogP contribution in [-0.2, 0) is 9.47 Å². The van der Waals surface area contributed by atoms with Gasteiger partial charge in [0.25, 0.3) is 0 Å². The van der Waals surface area contributed by atoms with Crippen molar-refractivity contribution < 1.29 is 9.47 Å². The number of hydrogen-bond donors (Lipinski definition) is 0. The Morgan fingerprint density at radius 2 is 1.76 bits per heavy atom. The molecule has 1 aromatic carbocycles. The van der Waals surface area contributed by atoms with E-state index in [1.54, 1.807) is 4.68 Å². The van der Waals surface area contributed by atoms with Gasteiger partial charge in [-0.2, -0.15) is 0 Å². The van der Waals surface area contributed by atoms with Crippen molar-refractivity contribution in [2.45, 2.75) is 39.9 Å². The Kier molecular flexibility index (Phi) is 5.47. The van der Waals surface area contributed by atoms with Gasteiger partial charge in [0.2, 0.25) is 6.29 Å². The second-order valence-electron chi connectivity index (χ2n) is 5.04. The Labute approximate surface area is 125 Å². The van der Waals surface area contributed by atoms with E-state index >= 15 is 0 Å². The van der Waals surface area contributed by atoms with Gasteiger partial charge in [-0.05, 0) is 31.4 Å². The summed E-state index contributed by atoms with van der Waals surface area (Å²) in [5.74, 6) is 0.420. The van der Waals surface area contributed by atoms with E-state index in [2.05, 4.69) is 30.2 Å². The standard InChI is InChI=1S/C16H23N3O2/c1-5-20-16(21-6-2)14-11-19(18-17-14)15-10-8-7-9-13(15)12(3)4/h7-12,16H,5-6H2,1-4H3. The first-order valence-electron chi connectivity index (χ1n) is 7.42. The van der Waals surface area contributed by atoms with Crippen molar-refractivity contribution in [2.24, 2.45) is 0 Å². The molecule has 0 saturated heterocycles. The molecule has 0 unspecified atom stereocenters. The summed E-state index contributed by atoms with van der Waals surface area (Å²) in [4.78, 5) is 0. The molecule has 5 heteroatoms. The van der Waals surface area contributed by atoms with Crippen molar-refractivity contribution in [1.82, 2.24) is 15.0 Å². The maximum atomic E-state index is 5.56. The smallest absolute Gasteiger partial charge is 0.204 e. The van der Waals surface area contributed by atoms with Crippen LogP contribution in [0.25, 0.3) is 5.69 Å². The summed E-state index contributed by atoms with van der Waals surface area (Å²) >= 11 is 0. The average Bonchev–Trinajstić information content (AvgIpc) is 2.96. The predicted octanol–water partition coefficient (Wildman–Crippen LogP) is 3.46. The molecule has 0 atom stereocenters. The van der Waals surface area contributed by atoms with Crippen LogP contribution in [0, 0.1) is 0 Å². The van der Waals surface area contributed by atoms with E-state index in [1.165, 1.54) is 5.56 Å². The average molecular weight is 289 g/mol. The molecule has 0 aliphatic heterocycles. The minimum atomic E-state index is -0.458. The molecule has 0 saturated carbocycles. The molecule has 0 radical (unpaired) electrons. The minimum Gasteiger partial charge on any atom is -0.347 e. The molecule has 5 nitrogen and oxygen atoms in total. The quantitative estimate of drug-likeness (QED) is 0.732. The third-order valence-electron chi connectivity index (χ3n) is 3.19. The zero-order valence-corrected chi connectivity index (χ0v) is 13.1. The molecule has 0 spiro atoms. The molecule has 0 N–H and O–H groups in total. The van der Waals surface area contributed by atoms with Crippen LogP contribution >= 0.6 is 0 Å². The molecular formula is C16H23N3O2. The van der Waals surface area contributed by atoms with Gasteiger partial charge in [-0.25, -0.2) is 4.68 Å². The summed E-state index contributed by atoms with van der Waals surface area (Å²) < 4.78 is 12.9. The topological polar surface area (TPSA) is 49.2 Å². The van der Waals surface area contributed by atoms with Crippen molar-refractivity contribution >= 4 is 0 Å². The highest BCUT2D eigenvalue weighted by atomic mass is 16.7. The Morgan fingerprint density at radius 1 is 1.10 bits per heavy atom.